The quantitative estimate of drug-likeness (QED) is 0.784. The molecule has 1 saturated heterocycles. The van der Waals surface area contributed by atoms with Gasteiger partial charge >= 0.3 is 0 Å². The largest absolute Gasteiger partial charge is 0.454 e. The van der Waals surface area contributed by atoms with E-state index in [0.717, 1.165) is 18.8 Å². The van der Waals surface area contributed by atoms with E-state index in [2.05, 4.69) is 22.5 Å². The fourth-order valence-corrected chi connectivity index (χ4v) is 2.69. The molecule has 1 atom stereocenters. The van der Waals surface area contributed by atoms with Crippen LogP contribution in [0.15, 0.2) is 16.5 Å². The molecule has 6 nitrogen and oxygen atoms in total. The van der Waals surface area contributed by atoms with E-state index in [1.807, 2.05) is 6.07 Å². The fourth-order valence-electron chi connectivity index (χ4n) is 2.69. The molecule has 1 aromatic rings. The van der Waals surface area contributed by atoms with Crippen molar-refractivity contribution in [2.45, 2.75) is 39.2 Å². The van der Waals surface area contributed by atoms with Crippen molar-refractivity contribution in [3.63, 3.8) is 0 Å². The first-order chi connectivity index (χ1) is 10.6. The van der Waals surface area contributed by atoms with E-state index in [4.69, 9.17) is 4.42 Å². The Hall–Kier alpha value is -1.82. The van der Waals surface area contributed by atoms with Gasteiger partial charge in [-0.2, -0.15) is 0 Å². The lowest BCUT2D eigenvalue weighted by atomic mass is 10.1. The number of carbonyl (C=O) groups is 2. The molecule has 0 spiro atoms. The van der Waals surface area contributed by atoms with Crippen molar-refractivity contribution in [3.8, 4) is 0 Å². The van der Waals surface area contributed by atoms with Crippen LogP contribution in [0.4, 0.5) is 0 Å². The Labute approximate surface area is 131 Å². The van der Waals surface area contributed by atoms with E-state index in [1.165, 1.54) is 26.2 Å². The molecule has 2 amide bonds. The van der Waals surface area contributed by atoms with Gasteiger partial charge in [-0.05, 0) is 45.0 Å². The number of nitrogens with zero attached hydrogens (tertiary/aromatic N) is 1. The number of piperidine rings is 1. The first kappa shape index (κ1) is 16.5. The molecule has 2 N–H and O–H groups in total. The van der Waals surface area contributed by atoms with Crippen molar-refractivity contribution in [3.05, 3.63) is 23.7 Å². The summed E-state index contributed by atoms with van der Waals surface area (Å²) >= 11 is 0. The van der Waals surface area contributed by atoms with Gasteiger partial charge < -0.3 is 15.1 Å². The van der Waals surface area contributed by atoms with Crippen LogP contribution in [0.1, 0.15) is 55.5 Å². The molecule has 1 unspecified atom stereocenters. The summed E-state index contributed by atoms with van der Waals surface area (Å²) in [5.74, 6) is 0.794. The summed E-state index contributed by atoms with van der Waals surface area (Å²) in [6, 6.07) is 3.78. The number of hydrogen-bond acceptors (Lipinski definition) is 4. The van der Waals surface area contributed by atoms with Crippen molar-refractivity contribution in [1.82, 2.24) is 15.5 Å². The summed E-state index contributed by atoms with van der Waals surface area (Å²) in [5.41, 5.74) is 0. The van der Waals surface area contributed by atoms with Crippen LogP contribution in [-0.4, -0.2) is 42.9 Å². The summed E-state index contributed by atoms with van der Waals surface area (Å²) < 4.78 is 5.70. The minimum Gasteiger partial charge on any atom is -0.454 e. The van der Waals surface area contributed by atoms with Crippen molar-refractivity contribution >= 4 is 11.8 Å². The van der Waals surface area contributed by atoms with Crippen molar-refractivity contribution in [1.29, 1.82) is 0 Å². The topological polar surface area (TPSA) is 74.6 Å². The maximum Gasteiger partial charge on any atom is 0.287 e. The summed E-state index contributed by atoms with van der Waals surface area (Å²) in [4.78, 5) is 25.1. The molecule has 1 aromatic heterocycles. The third-order valence-electron chi connectivity index (χ3n) is 3.99. The standard InChI is InChI=1S/C16H25N3O3/c1-12(19-10-4-3-5-11-19)14-6-7-15(22-14)16(21)18-9-8-17-13(2)20/h6-7,12H,3-5,8-11H2,1-2H3,(H,17,20)(H,18,21). The molecule has 1 aliphatic rings. The summed E-state index contributed by atoms with van der Waals surface area (Å²) in [6.07, 6.45) is 3.74. The molecule has 0 saturated carbocycles. The molecule has 2 heterocycles. The van der Waals surface area contributed by atoms with Gasteiger partial charge in [-0.15, -0.1) is 0 Å². The smallest absolute Gasteiger partial charge is 0.287 e. The first-order valence-corrected chi connectivity index (χ1v) is 7.94. The van der Waals surface area contributed by atoms with Crippen LogP contribution in [0.3, 0.4) is 0 Å². The lowest BCUT2D eigenvalue weighted by molar-refractivity contribution is -0.118. The van der Waals surface area contributed by atoms with E-state index in [0.29, 0.717) is 18.8 Å². The number of likely N-dealkylation sites (tertiary alicyclic amines) is 1. The predicted molar refractivity (Wildman–Crippen MR) is 83.6 cm³/mol. The van der Waals surface area contributed by atoms with Crippen LogP contribution in [-0.2, 0) is 4.79 Å². The molecule has 6 heteroatoms. The molecular formula is C16H25N3O3. The van der Waals surface area contributed by atoms with Crippen LogP contribution < -0.4 is 10.6 Å². The SMILES string of the molecule is CC(=O)NCCNC(=O)c1ccc(C(C)N2CCCCC2)o1. The van der Waals surface area contributed by atoms with Crippen molar-refractivity contribution < 1.29 is 14.0 Å². The fraction of sp³-hybridized carbons (Fsp3) is 0.625. The minimum atomic E-state index is -0.248. The molecule has 0 bridgehead atoms. The number of carbonyl (C=O) groups excluding carboxylic acids is 2. The van der Waals surface area contributed by atoms with Gasteiger partial charge in [0.2, 0.25) is 5.91 Å². The highest BCUT2D eigenvalue weighted by Crippen LogP contribution is 2.25. The molecule has 22 heavy (non-hydrogen) atoms. The van der Waals surface area contributed by atoms with E-state index >= 15 is 0 Å². The summed E-state index contributed by atoms with van der Waals surface area (Å²) in [7, 11) is 0. The molecule has 122 valence electrons. The zero-order chi connectivity index (χ0) is 15.9. The third-order valence-corrected chi connectivity index (χ3v) is 3.99. The Bertz CT molecular complexity index is 506. The number of nitrogens with one attached hydrogen (secondary N) is 2. The van der Waals surface area contributed by atoms with E-state index in [1.54, 1.807) is 6.07 Å². The highest BCUT2D eigenvalue weighted by molar-refractivity contribution is 5.91. The zero-order valence-electron chi connectivity index (χ0n) is 13.4. The maximum atomic E-state index is 12.0. The highest BCUT2D eigenvalue weighted by Gasteiger charge is 2.21. The molecule has 0 aromatic carbocycles. The summed E-state index contributed by atoms with van der Waals surface area (Å²) in [6.45, 7) is 6.53. The average Bonchev–Trinajstić information content (AvgIpc) is 3.01. The molecule has 0 radical (unpaired) electrons. The van der Waals surface area contributed by atoms with E-state index < -0.39 is 0 Å². The Morgan fingerprint density at radius 3 is 2.55 bits per heavy atom. The predicted octanol–water partition coefficient (Wildman–Crippen LogP) is 1.69. The number of rotatable bonds is 6. The Kier molecular flexibility index (Phi) is 6.00. The normalized spacial score (nSPS) is 17.0. The lowest BCUT2D eigenvalue weighted by Gasteiger charge is -2.31. The monoisotopic (exact) mass is 307 g/mol. The number of hydrogen-bond donors (Lipinski definition) is 2. The van der Waals surface area contributed by atoms with Crippen LogP contribution in [0.2, 0.25) is 0 Å². The van der Waals surface area contributed by atoms with Gasteiger partial charge in [0.1, 0.15) is 5.76 Å². The Balaban J connectivity index is 1.84. The van der Waals surface area contributed by atoms with Gasteiger partial charge in [-0.1, -0.05) is 6.42 Å². The Morgan fingerprint density at radius 2 is 1.86 bits per heavy atom. The lowest BCUT2D eigenvalue weighted by Crippen LogP contribution is -2.33. The second kappa shape index (κ2) is 7.98. The summed E-state index contributed by atoms with van der Waals surface area (Å²) in [5, 5.41) is 5.35. The van der Waals surface area contributed by atoms with E-state index in [-0.39, 0.29) is 17.9 Å². The van der Waals surface area contributed by atoms with Gasteiger partial charge in [-0.3, -0.25) is 14.5 Å². The average molecular weight is 307 g/mol. The molecule has 1 aliphatic heterocycles. The minimum absolute atomic E-state index is 0.107. The zero-order valence-corrected chi connectivity index (χ0v) is 13.4. The van der Waals surface area contributed by atoms with Crippen molar-refractivity contribution in [2.75, 3.05) is 26.2 Å². The molecular weight excluding hydrogens is 282 g/mol. The van der Waals surface area contributed by atoms with Gasteiger partial charge in [0.15, 0.2) is 5.76 Å². The number of furan rings is 1. The molecule has 1 fully saturated rings. The first-order valence-electron chi connectivity index (χ1n) is 7.94. The van der Waals surface area contributed by atoms with Crippen LogP contribution in [0, 0.1) is 0 Å². The van der Waals surface area contributed by atoms with E-state index in [9.17, 15) is 9.59 Å². The second-order valence-electron chi connectivity index (χ2n) is 5.71. The van der Waals surface area contributed by atoms with Crippen LogP contribution >= 0.6 is 0 Å². The van der Waals surface area contributed by atoms with Gasteiger partial charge in [-0.25, -0.2) is 0 Å². The van der Waals surface area contributed by atoms with Gasteiger partial charge in [0.25, 0.3) is 5.91 Å². The Morgan fingerprint density at radius 1 is 1.18 bits per heavy atom. The van der Waals surface area contributed by atoms with Gasteiger partial charge in [0, 0.05) is 20.0 Å². The highest BCUT2D eigenvalue weighted by atomic mass is 16.4. The molecule has 0 aliphatic carbocycles. The van der Waals surface area contributed by atoms with Crippen molar-refractivity contribution in [2.24, 2.45) is 0 Å². The van der Waals surface area contributed by atoms with Crippen LogP contribution in [0.5, 0.6) is 0 Å². The second-order valence-corrected chi connectivity index (χ2v) is 5.71. The van der Waals surface area contributed by atoms with Crippen LogP contribution in [0.25, 0.3) is 0 Å². The number of amides is 2. The maximum absolute atomic E-state index is 12.0. The molecule has 2 rings (SSSR count). The third kappa shape index (κ3) is 4.59. The van der Waals surface area contributed by atoms with Gasteiger partial charge in [0.05, 0.1) is 6.04 Å².